The van der Waals surface area contributed by atoms with Crippen LogP contribution in [0.5, 0.6) is 5.75 Å². The van der Waals surface area contributed by atoms with Gasteiger partial charge in [-0.2, -0.15) is 0 Å². The highest BCUT2D eigenvalue weighted by atomic mass is 35.5. The van der Waals surface area contributed by atoms with E-state index in [1.165, 1.54) is 19.2 Å². The molecule has 24 heavy (non-hydrogen) atoms. The van der Waals surface area contributed by atoms with Crippen molar-refractivity contribution in [2.45, 2.75) is 30.7 Å². The first-order chi connectivity index (χ1) is 11.3. The Bertz CT molecular complexity index is 589. The molecule has 1 aliphatic rings. The topological polar surface area (TPSA) is 144 Å². The number of non-ortho nitro benzene ring substituents is 1. The second-order valence-electron chi connectivity index (χ2n) is 5.06. The van der Waals surface area contributed by atoms with Gasteiger partial charge in [0.25, 0.3) is 5.69 Å². The van der Waals surface area contributed by atoms with Gasteiger partial charge in [0, 0.05) is 12.1 Å². The minimum atomic E-state index is -1.55. The van der Waals surface area contributed by atoms with Gasteiger partial charge in [0.05, 0.1) is 23.6 Å². The molecule has 0 aliphatic carbocycles. The zero-order chi connectivity index (χ0) is 17.9. The zero-order valence-corrected chi connectivity index (χ0v) is 13.3. The van der Waals surface area contributed by atoms with Gasteiger partial charge in [-0.05, 0) is 6.07 Å². The summed E-state index contributed by atoms with van der Waals surface area (Å²) in [5, 5.41) is 40.4. The summed E-state index contributed by atoms with van der Waals surface area (Å²) >= 11 is 5.91. The minimum Gasteiger partial charge on any atom is -0.460 e. The van der Waals surface area contributed by atoms with Crippen molar-refractivity contribution in [1.82, 2.24) is 5.48 Å². The first-order valence-electron chi connectivity index (χ1n) is 6.91. The van der Waals surface area contributed by atoms with Crippen LogP contribution in [-0.2, 0) is 9.57 Å². The average molecular weight is 365 g/mol. The molecule has 4 N–H and O–H groups in total. The van der Waals surface area contributed by atoms with Crippen LogP contribution in [0.4, 0.5) is 5.69 Å². The Balaban J connectivity index is 2.13. The molecule has 1 aromatic carbocycles. The van der Waals surface area contributed by atoms with Crippen LogP contribution >= 0.6 is 11.6 Å². The normalized spacial score (nSPS) is 30.1. The van der Waals surface area contributed by atoms with Crippen LogP contribution in [0.1, 0.15) is 0 Å². The maximum absolute atomic E-state index is 10.7. The fraction of sp³-hybridized carbons (Fsp3) is 0.538. The molecule has 1 aromatic rings. The average Bonchev–Trinajstić information content (AvgIpc) is 2.55. The lowest BCUT2D eigenvalue weighted by Gasteiger charge is -2.40. The number of hydrogen-bond acceptors (Lipinski definition) is 9. The van der Waals surface area contributed by atoms with Gasteiger partial charge in [0.2, 0.25) is 6.29 Å². The van der Waals surface area contributed by atoms with E-state index in [4.69, 9.17) is 21.1 Å². The summed E-state index contributed by atoms with van der Waals surface area (Å²) < 4.78 is 10.8. The summed E-state index contributed by atoms with van der Waals surface area (Å²) in [5.41, 5.74) is 2.24. The second kappa shape index (κ2) is 8.03. The largest absolute Gasteiger partial charge is 0.460 e. The van der Waals surface area contributed by atoms with Crippen LogP contribution in [0.2, 0.25) is 5.02 Å². The molecule has 1 heterocycles. The van der Waals surface area contributed by atoms with Gasteiger partial charge in [-0.25, -0.2) is 5.48 Å². The SMILES string of the molecule is CONC[C@H]1O[C@@H](Oc2ccc([N+](=O)[O-])cc2Cl)[C@H](O)[C@@H](O)[C@@H]1O. The summed E-state index contributed by atoms with van der Waals surface area (Å²) in [6, 6.07) is 3.50. The van der Waals surface area contributed by atoms with Gasteiger partial charge in [-0.15, -0.1) is 0 Å². The lowest BCUT2D eigenvalue weighted by atomic mass is 9.99. The molecule has 0 amide bonds. The van der Waals surface area contributed by atoms with E-state index in [1.807, 2.05) is 0 Å². The van der Waals surface area contributed by atoms with E-state index in [9.17, 15) is 25.4 Å². The molecule has 1 aliphatic heterocycles. The number of hydrogen-bond donors (Lipinski definition) is 4. The van der Waals surface area contributed by atoms with E-state index < -0.39 is 35.6 Å². The highest BCUT2D eigenvalue weighted by Gasteiger charge is 2.45. The number of nitrogens with one attached hydrogen (secondary N) is 1. The molecule has 0 spiro atoms. The van der Waals surface area contributed by atoms with E-state index in [1.54, 1.807) is 0 Å². The second-order valence-corrected chi connectivity index (χ2v) is 5.46. The van der Waals surface area contributed by atoms with E-state index >= 15 is 0 Å². The van der Waals surface area contributed by atoms with E-state index in [2.05, 4.69) is 10.3 Å². The van der Waals surface area contributed by atoms with E-state index in [0.717, 1.165) is 6.07 Å². The van der Waals surface area contributed by atoms with Crippen LogP contribution in [0, 0.1) is 10.1 Å². The molecule has 2 rings (SSSR count). The molecule has 1 fully saturated rings. The number of halogens is 1. The van der Waals surface area contributed by atoms with Gasteiger partial charge in [-0.1, -0.05) is 11.6 Å². The number of aliphatic hydroxyl groups is 3. The number of nitro benzene ring substituents is 1. The molecular formula is C13H17ClN2O8. The lowest BCUT2D eigenvalue weighted by molar-refractivity contribution is -0.384. The van der Waals surface area contributed by atoms with Crippen molar-refractivity contribution in [3.8, 4) is 5.75 Å². The number of benzene rings is 1. The first kappa shape index (κ1) is 18.8. The maximum Gasteiger partial charge on any atom is 0.271 e. The summed E-state index contributed by atoms with van der Waals surface area (Å²) in [5.74, 6) is 0.0216. The molecular weight excluding hydrogens is 348 g/mol. The molecule has 5 atom stereocenters. The van der Waals surface area contributed by atoms with Crippen LogP contribution in [0.15, 0.2) is 18.2 Å². The highest BCUT2D eigenvalue weighted by molar-refractivity contribution is 6.32. The molecule has 0 aromatic heterocycles. The predicted molar refractivity (Wildman–Crippen MR) is 80.4 cm³/mol. The fourth-order valence-electron chi connectivity index (χ4n) is 2.17. The number of ether oxygens (including phenoxy) is 2. The summed E-state index contributed by atoms with van der Waals surface area (Å²) in [6.07, 6.45) is -6.71. The predicted octanol–water partition coefficient (Wildman–Crippen LogP) is -0.414. The van der Waals surface area contributed by atoms with Crippen LogP contribution in [0.25, 0.3) is 0 Å². The van der Waals surface area contributed by atoms with Gasteiger partial charge < -0.3 is 29.6 Å². The van der Waals surface area contributed by atoms with Gasteiger partial charge in [0.15, 0.2) is 0 Å². The van der Waals surface area contributed by atoms with Crippen molar-refractivity contribution in [1.29, 1.82) is 0 Å². The molecule has 0 saturated carbocycles. The molecule has 0 radical (unpaired) electrons. The van der Waals surface area contributed by atoms with Crippen LogP contribution in [0.3, 0.4) is 0 Å². The third-order valence-corrected chi connectivity index (χ3v) is 3.76. The Morgan fingerprint density at radius 3 is 2.62 bits per heavy atom. The summed E-state index contributed by atoms with van der Waals surface area (Å²) in [7, 11) is 1.37. The van der Waals surface area contributed by atoms with Crippen LogP contribution in [-0.4, -0.2) is 64.6 Å². The Hall–Kier alpha value is -1.53. The minimum absolute atomic E-state index is 0.0216. The molecule has 0 bridgehead atoms. The summed E-state index contributed by atoms with van der Waals surface area (Å²) in [4.78, 5) is 14.7. The Morgan fingerprint density at radius 1 is 1.33 bits per heavy atom. The van der Waals surface area contributed by atoms with Crippen molar-refractivity contribution in [2.24, 2.45) is 0 Å². The molecule has 134 valence electrons. The van der Waals surface area contributed by atoms with E-state index in [0.29, 0.717) is 0 Å². The lowest BCUT2D eigenvalue weighted by Crippen LogP contribution is -2.61. The monoisotopic (exact) mass is 364 g/mol. The number of nitrogens with zero attached hydrogens (tertiary/aromatic N) is 1. The Labute approximate surface area is 141 Å². The number of nitro groups is 1. The van der Waals surface area contributed by atoms with Gasteiger partial charge >= 0.3 is 0 Å². The molecule has 0 unspecified atom stereocenters. The highest BCUT2D eigenvalue weighted by Crippen LogP contribution is 2.31. The number of rotatable bonds is 6. The zero-order valence-electron chi connectivity index (χ0n) is 12.5. The van der Waals surface area contributed by atoms with Gasteiger partial charge in [-0.3, -0.25) is 10.1 Å². The molecule has 10 nitrogen and oxygen atoms in total. The van der Waals surface area contributed by atoms with Crippen LogP contribution < -0.4 is 10.2 Å². The smallest absolute Gasteiger partial charge is 0.271 e. The standard InChI is InChI=1S/C13H17ClN2O8/c1-22-15-5-9-10(17)11(18)12(19)13(24-9)23-8-3-2-6(16(20)21)4-7(8)14/h2-4,9-13,15,17-19H,5H2,1H3/t9-,10-,11+,12-,13-/m1/s1. The molecule has 11 heteroatoms. The van der Waals surface area contributed by atoms with Gasteiger partial charge in [0.1, 0.15) is 30.2 Å². The Kier molecular flexibility index (Phi) is 6.29. The first-order valence-corrected chi connectivity index (χ1v) is 7.29. The third kappa shape index (κ3) is 4.11. The van der Waals surface area contributed by atoms with Crippen molar-refractivity contribution in [3.63, 3.8) is 0 Å². The van der Waals surface area contributed by atoms with Crippen molar-refractivity contribution in [3.05, 3.63) is 33.3 Å². The quantitative estimate of drug-likeness (QED) is 0.391. The van der Waals surface area contributed by atoms with Crippen molar-refractivity contribution >= 4 is 17.3 Å². The fourth-order valence-corrected chi connectivity index (χ4v) is 2.39. The third-order valence-electron chi connectivity index (χ3n) is 3.47. The Morgan fingerprint density at radius 2 is 2.04 bits per heavy atom. The number of hydroxylamine groups is 1. The molecule has 1 saturated heterocycles. The summed E-state index contributed by atoms with van der Waals surface area (Å²) in [6.45, 7) is 0.0231. The number of aliphatic hydroxyl groups excluding tert-OH is 3. The maximum atomic E-state index is 10.7. The van der Waals surface area contributed by atoms with Crippen molar-refractivity contribution in [2.75, 3.05) is 13.7 Å². The van der Waals surface area contributed by atoms with E-state index in [-0.39, 0.29) is 23.0 Å². The van der Waals surface area contributed by atoms with Crippen molar-refractivity contribution < 1.29 is 34.6 Å².